The zero-order valence-electron chi connectivity index (χ0n) is 13.8. The number of benzene rings is 2. The molecule has 2 N–H and O–H groups in total. The first-order valence-electron chi connectivity index (χ1n) is 8.23. The van der Waals surface area contributed by atoms with Gasteiger partial charge in [-0.05, 0) is 67.4 Å². The largest absolute Gasteiger partial charge is 0.372 e. The summed E-state index contributed by atoms with van der Waals surface area (Å²) in [6.07, 6.45) is 4.39. The first-order valence-corrected chi connectivity index (χ1v) is 8.64. The van der Waals surface area contributed by atoms with Gasteiger partial charge in [0.15, 0.2) is 5.11 Å². The van der Waals surface area contributed by atoms with Crippen LogP contribution in [-0.2, 0) is 0 Å². The third-order valence-corrected chi connectivity index (χ3v) is 4.32. The van der Waals surface area contributed by atoms with E-state index in [2.05, 4.69) is 45.9 Å². The van der Waals surface area contributed by atoms with Crippen LogP contribution in [0.5, 0.6) is 0 Å². The molecule has 1 aliphatic heterocycles. The van der Waals surface area contributed by atoms with Gasteiger partial charge in [-0.25, -0.2) is 0 Å². The van der Waals surface area contributed by atoms with Gasteiger partial charge < -0.3 is 10.2 Å². The summed E-state index contributed by atoms with van der Waals surface area (Å²) in [4.78, 5) is 2.44. The lowest BCUT2D eigenvalue weighted by atomic mass is 10.1. The van der Waals surface area contributed by atoms with E-state index in [-0.39, 0.29) is 0 Å². The predicted molar refractivity (Wildman–Crippen MR) is 106 cm³/mol. The highest BCUT2D eigenvalue weighted by Crippen LogP contribution is 2.22. The average Bonchev–Trinajstić information content (AvgIpc) is 3.12. The lowest BCUT2D eigenvalue weighted by molar-refractivity contribution is 0.949. The Morgan fingerprint density at radius 2 is 1.88 bits per heavy atom. The predicted octanol–water partition coefficient (Wildman–Crippen LogP) is 3.92. The minimum atomic E-state index is 0.476. The van der Waals surface area contributed by atoms with Crippen molar-refractivity contribution in [3.8, 4) is 0 Å². The van der Waals surface area contributed by atoms with Crippen LogP contribution in [0.25, 0.3) is 0 Å². The molecular formula is C19H22N4S. The number of nitrogens with one attached hydrogen (secondary N) is 2. The maximum absolute atomic E-state index is 5.23. The van der Waals surface area contributed by atoms with Crippen LogP contribution < -0.4 is 15.6 Å². The molecule has 0 unspecified atom stereocenters. The Morgan fingerprint density at radius 1 is 1.12 bits per heavy atom. The van der Waals surface area contributed by atoms with Gasteiger partial charge >= 0.3 is 0 Å². The van der Waals surface area contributed by atoms with Gasteiger partial charge in [0.1, 0.15) is 0 Å². The molecule has 1 saturated heterocycles. The Kier molecular flexibility index (Phi) is 5.43. The van der Waals surface area contributed by atoms with Crippen molar-refractivity contribution in [2.75, 3.05) is 23.3 Å². The summed E-state index contributed by atoms with van der Waals surface area (Å²) in [5, 5.41) is 7.80. The molecule has 1 aliphatic rings. The molecule has 0 radical (unpaired) electrons. The van der Waals surface area contributed by atoms with E-state index in [0.29, 0.717) is 5.11 Å². The maximum atomic E-state index is 5.23. The highest BCUT2D eigenvalue weighted by atomic mass is 32.1. The van der Waals surface area contributed by atoms with Gasteiger partial charge in [0.25, 0.3) is 0 Å². The van der Waals surface area contributed by atoms with E-state index >= 15 is 0 Å². The molecule has 0 bridgehead atoms. The summed E-state index contributed by atoms with van der Waals surface area (Å²) in [7, 11) is 0. The van der Waals surface area contributed by atoms with Crippen LogP contribution in [0.2, 0.25) is 0 Å². The second-order valence-electron chi connectivity index (χ2n) is 5.93. The van der Waals surface area contributed by atoms with Crippen molar-refractivity contribution in [1.82, 2.24) is 5.43 Å². The lowest BCUT2D eigenvalue weighted by Crippen LogP contribution is -2.23. The second-order valence-corrected chi connectivity index (χ2v) is 6.33. The van der Waals surface area contributed by atoms with Gasteiger partial charge in [0, 0.05) is 24.5 Å². The molecule has 4 nitrogen and oxygen atoms in total. The second kappa shape index (κ2) is 7.93. The van der Waals surface area contributed by atoms with Crippen molar-refractivity contribution < 1.29 is 0 Å². The topological polar surface area (TPSA) is 39.7 Å². The van der Waals surface area contributed by atoms with Crippen LogP contribution >= 0.6 is 12.2 Å². The van der Waals surface area contributed by atoms with Gasteiger partial charge in [-0.2, -0.15) is 5.10 Å². The summed E-state index contributed by atoms with van der Waals surface area (Å²) in [5.41, 5.74) is 7.40. The zero-order valence-corrected chi connectivity index (χ0v) is 14.6. The fourth-order valence-corrected chi connectivity index (χ4v) is 2.99. The molecule has 2 aromatic carbocycles. The van der Waals surface area contributed by atoms with Crippen molar-refractivity contribution in [3.05, 3.63) is 59.7 Å². The molecule has 0 saturated carbocycles. The van der Waals surface area contributed by atoms with Gasteiger partial charge in [-0.3, -0.25) is 5.43 Å². The number of thiocarbonyl (C=S) groups is 1. The third kappa shape index (κ3) is 4.32. The molecule has 5 heteroatoms. The third-order valence-electron chi connectivity index (χ3n) is 4.13. The number of hydrogen-bond acceptors (Lipinski definition) is 3. The quantitative estimate of drug-likeness (QED) is 0.504. The van der Waals surface area contributed by atoms with Crippen molar-refractivity contribution in [3.63, 3.8) is 0 Å². The molecule has 0 aliphatic carbocycles. The van der Waals surface area contributed by atoms with Crippen molar-refractivity contribution in [2.24, 2.45) is 5.10 Å². The number of nitrogens with zero attached hydrogens (tertiary/aromatic N) is 2. The van der Waals surface area contributed by atoms with Gasteiger partial charge in [-0.15, -0.1) is 0 Å². The Bertz CT molecular complexity index is 721. The minimum Gasteiger partial charge on any atom is -0.372 e. The van der Waals surface area contributed by atoms with E-state index in [0.717, 1.165) is 24.3 Å². The first kappa shape index (κ1) is 16.5. The van der Waals surface area contributed by atoms with E-state index < -0.39 is 0 Å². The summed E-state index contributed by atoms with van der Waals surface area (Å²) in [6.45, 7) is 4.43. The molecule has 1 heterocycles. The Labute approximate surface area is 148 Å². The van der Waals surface area contributed by atoms with E-state index in [1.54, 1.807) is 0 Å². The molecule has 0 atom stereocenters. The van der Waals surface area contributed by atoms with Gasteiger partial charge in [0.2, 0.25) is 0 Å². The van der Waals surface area contributed by atoms with Crippen LogP contribution in [0, 0.1) is 6.92 Å². The zero-order chi connectivity index (χ0) is 16.8. The highest BCUT2D eigenvalue weighted by molar-refractivity contribution is 7.80. The minimum absolute atomic E-state index is 0.476. The molecule has 0 aromatic heterocycles. The smallest absolute Gasteiger partial charge is 0.191 e. The van der Waals surface area contributed by atoms with E-state index in [1.807, 2.05) is 36.5 Å². The molecular weight excluding hydrogens is 316 g/mol. The number of hydrogen-bond donors (Lipinski definition) is 2. The van der Waals surface area contributed by atoms with E-state index in [9.17, 15) is 0 Å². The summed E-state index contributed by atoms with van der Waals surface area (Å²) in [6, 6.07) is 16.3. The molecule has 0 amide bonds. The lowest BCUT2D eigenvalue weighted by Gasteiger charge is -2.18. The normalized spacial score (nSPS) is 14.1. The highest BCUT2D eigenvalue weighted by Gasteiger charge is 2.12. The standard InChI is InChI=1S/C19H22N4S/c1-15-13-18(23-11-5-6-12-23)10-9-16(15)14-20-22-19(24)21-17-7-3-2-4-8-17/h2-4,7-10,13-14H,5-6,11-12H2,1H3,(H2,21,22,24)/b20-14+. The maximum Gasteiger partial charge on any atom is 0.191 e. The molecule has 1 fully saturated rings. The fourth-order valence-electron chi connectivity index (χ4n) is 2.82. The van der Waals surface area contributed by atoms with Crippen LogP contribution in [0.15, 0.2) is 53.6 Å². The van der Waals surface area contributed by atoms with Crippen LogP contribution in [0.4, 0.5) is 11.4 Å². The first-order chi connectivity index (χ1) is 11.7. The van der Waals surface area contributed by atoms with E-state index in [4.69, 9.17) is 12.2 Å². The Hall–Kier alpha value is -2.40. The molecule has 0 spiro atoms. The average molecular weight is 338 g/mol. The van der Waals surface area contributed by atoms with Crippen LogP contribution in [0.1, 0.15) is 24.0 Å². The number of hydrazone groups is 1. The summed E-state index contributed by atoms with van der Waals surface area (Å²) in [5.74, 6) is 0. The van der Waals surface area contributed by atoms with Gasteiger partial charge in [-0.1, -0.05) is 24.3 Å². The molecule has 3 rings (SSSR count). The van der Waals surface area contributed by atoms with Crippen LogP contribution in [0.3, 0.4) is 0 Å². The number of aryl methyl sites for hydroxylation is 1. The molecule has 24 heavy (non-hydrogen) atoms. The van der Waals surface area contributed by atoms with E-state index in [1.165, 1.54) is 24.1 Å². The molecule has 2 aromatic rings. The van der Waals surface area contributed by atoms with Crippen molar-refractivity contribution in [1.29, 1.82) is 0 Å². The number of anilines is 2. The fraction of sp³-hybridized carbons (Fsp3) is 0.263. The monoisotopic (exact) mass is 338 g/mol. The summed E-state index contributed by atoms with van der Waals surface area (Å²) < 4.78 is 0. The summed E-state index contributed by atoms with van der Waals surface area (Å²) >= 11 is 5.23. The Balaban J connectivity index is 1.57. The Morgan fingerprint density at radius 3 is 2.58 bits per heavy atom. The van der Waals surface area contributed by atoms with Crippen molar-refractivity contribution in [2.45, 2.75) is 19.8 Å². The van der Waals surface area contributed by atoms with Crippen molar-refractivity contribution >= 4 is 34.9 Å². The molecule has 124 valence electrons. The number of rotatable bonds is 4. The number of para-hydroxylation sites is 1. The van der Waals surface area contributed by atoms with Gasteiger partial charge in [0.05, 0.1) is 6.21 Å². The SMILES string of the molecule is Cc1cc(N2CCCC2)ccc1/C=N/NC(=S)Nc1ccccc1. The van der Waals surface area contributed by atoms with Crippen LogP contribution in [-0.4, -0.2) is 24.4 Å².